The van der Waals surface area contributed by atoms with Gasteiger partial charge in [0.05, 0.1) is 12.1 Å². The van der Waals surface area contributed by atoms with Gasteiger partial charge in [0, 0.05) is 36.1 Å². The highest BCUT2D eigenvalue weighted by Gasteiger charge is 2.54. The number of hydrogen-bond acceptors (Lipinski definition) is 5. The number of amides is 3. The van der Waals surface area contributed by atoms with Crippen molar-refractivity contribution in [3.05, 3.63) is 71.9 Å². The topological polar surface area (TPSA) is 104 Å². The molecule has 2 N–H and O–H groups in total. The first kappa shape index (κ1) is 30.0. The summed E-state index contributed by atoms with van der Waals surface area (Å²) >= 11 is 0. The van der Waals surface area contributed by atoms with Crippen molar-refractivity contribution in [3.63, 3.8) is 0 Å². The average Bonchev–Trinajstić information content (AvgIpc) is 3.73. The second kappa shape index (κ2) is 12.5. The third-order valence-electron chi connectivity index (χ3n) is 9.43. The van der Waals surface area contributed by atoms with Crippen LogP contribution < -0.4 is 5.32 Å². The maximum Gasteiger partial charge on any atom is 0.410 e. The van der Waals surface area contributed by atoms with Crippen molar-refractivity contribution in [2.45, 2.75) is 95.5 Å². The number of H-pyrrole nitrogens is 1. The highest BCUT2D eigenvalue weighted by Crippen LogP contribution is 2.44. The first-order valence-corrected chi connectivity index (χ1v) is 16.0. The fourth-order valence-electron chi connectivity index (χ4n) is 7.49. The largest absolute Gasteiger partial charge is 0.445 e. The van der Waals surface area contributed by atoms with Crippen LogP contribution in [0, 0.1) is 5.92 Å². The number of aromatic nitrogens is 1. The molecule has 3 heterocycles. The summed E-state index contributed by atoms with van der Waals surface area (Å²) in [6.07, 6.45) is 6.73. The van der Waals surface area contributed by atoms with Gasteiger partial charge < -0.3 is 29.6 Å². The van der Waals surface area contributed by atoms with Crippen LogP contribution in [0.25, 0.3) is 10.9 Å². The normalized spacial score (nSPS) is 22.9. The Morgan fingerprint density at radius 3 is 2.43 bits per heavy atom. The predicted octanol–water partition coefficient (Wildman–Crippen LogP) is 6.35. The zero-order chi connectivity index (χ0) is 30.8. The molecular formula is C35H44N4O5. The van der Waals surface area contributed by atoms with Crippen LogP contribution in [0.1, 0.15) is 76.3 Å². The number of alkyl carbamates (subject to hydrolysis) is 1. The highest BCUT2D eigenvalue weighted by molar-refractivity contribution is 5.88. The number of para-hydroxylation sites is 1. The Labute approximate surface area is 259 Å². The number of hydrogen-bond donors (Lipinski definition) is 2. The van der Waals surface area contributed by atoms with E-state index in [1.807, 2.05) is 85.3 Å². The first-order valence-electron chi connectivity index (χ1n) is 16.0. The summed E-state index contributed by atoms with van der Waals surface area (Å²) in [6.45, 7) is 6.62. The Morgan fingerprint density at radius 2 is 1.68 bits per heavy atom. The molecule has 1 unspecified atom stereocenters. The molecule has 9 heteroatoms. The monoisotopic (exact) mass is 600 g/mol. The lowest BCUT2D eigenvalue weighted by Gasteiger charge is -2.36. The molecule has 3 aromatic rings. The summed E-state index contributed by atoms with van der Waals surface area (Å²) in [5.41, 5.74) is 2.36. The van der Waals surface area contributed by atoms with Gasteiger partial charge in [-0.1, -0.05) is 67.8 Å². The number of nitrogens with one attached hydrogen (secondary N) is 2. The Kier molecular flexibility index (Phi) is 8.56. The standard InChI is InChI=1S/C35H44N4O5/c1-35(2,3)44-33(41)37-30(24-14-8-5-9-15-24)32(40)38-19-18-29-31(38)27(26-20-36-28-17-11-10-16-25(26)28)21-39(29)34(42)43-22-23-12-6-4-7-13-23/h4,6-7,10-13,16-17,20,24,27,29-31,36H,5,8-9,14-15,18-19,21-22H2,1-3H3,(H,37,41)/t27-,29+,30?,31+/m0/s1. The fourth-order valence-corrected chi connectivity index (χ4v) is 7.49. The van der Waals surface area contributed by atoms with E-state index in [9.17, 15) is 14.4 Å². The van der Waals surface area contributed by atoms with Crippen molar-refractivity contribution >= 4 is 29.0 Å². The Hall–Kier alpha value is -4.01. The van der Waals surface area contributed by atoms with Gasteiger partial charge in [0.2, 0.25) is 5.91 Å². The second-order valence-electron chi connectivity index (χ2n) is 13.5. The number of fused-ring (bicyclic) bond motifs is 2. The van der Waals surface area contributed by atoms with Gasteiger partial charge >= 0.3 is 12.2 Å². The molecular weight excluding hydrogens is 556 g/mol. The molecule has 3 fully saturated rings. The van der Waals surface area contributed by atoms with E-state index in [1.165, 1.54) is 0 Å². The molecule has 3 amide bonds. The van der Waals surface area contributed by atoms with Gasteiger partial charge in [-0.15, -0.1) is 0 Å². The lowest BCUT2D eigenvalue weighted by molar-refractivity contribution is -0.136. The van der Waals surface area contributed by atoms with Gasteiger partial charge in [0.1, 0.15) is 18.2 Å². The highest BCUT2D eigenvalue weighted by atomic mass is 16.6. The second-order valence-corrected chi connectivity index (χ2v) is 13.5. The zero-order valence-electron chi connectivity index (χ0n) is 26.0. The molecule has 0 radical (unpaired) electrons. The van der Waals surface area contributed by atoms with Crippen molar-refractivity contribution in [1.29, 1.82) is 0 Å². The fraction of sp³-hybridized carbons (Fsp3) is 0.514. The number of rotatable bonds is 6. The zero-order valence-corrected chi connectivity index (χ0v) is 26.0. The summed E-state index contributed by atoms with van der Waals surface area (Å²) in [7, 11) is 0. The lowest BCUT2D eigenvalue weighted by atomic mass is 9.83. The Morgan fingerprint density at radius 1 is 0.955 bits per heavy atom. The van der Waals surface area contributed by atoms with Crippen LogP contribution in [0.2, 0.25) is 0 Å². The number of nitrogens with zero attached hydrogens (tertiary/aromatic N) is 2. The number of benzene rings is 2. The summed E-state index contributed by atoms with van der Waals surface area (Å²) in [5, 5.41) is 4.08. The van der Waals surface area contributed by atoms with Gasteiger partial charge in [0.15, 0.2) is 0 Å². The third kappa shape index (κ3) is 6.28. The molecule has 2 aliphatic heterocycles. The van der Waals surface area contributed by atoms with Gasteiger partial charge in [-0.25, -0.2) is 9.59 Å². The van der Waals surface area contributed by atoms with E-state index in [4.69, 9.17) is 9.47 Å². The van der Waals surface area contributed by atoms with Crippen LogP contribution in [0.15, 0.2) is 60.8 Å². The quantitative estimate of drug-likeness (QED) is 0.343. The molecule has 1 aromatic heterocycles. The SMILES string of the molecule is CC(C)(C)OC(=O)NC(C(=O)N1CC[C@@H]2[C@H]1[C@H](c1c[nH]c3ccccc13)CN2C(=O)OCc1ccccc1)C1CCCCC1. The van der Waals surface area contributed by atoms with E-state index in [2.05, 4.69) is 16.4 Å². The number of aromatic amines is 1. The minimum Gasteiger partial charge on any atom is -0.445 e. The van der Waals surface area contributed by atoms with E-state index in [1.54, 1.807) is 0 Å². The molecule has 2 saturated heterocycles. The number of ether oxygens (including phenoxy) is 2. The Bertz CT molecular complexity index is 1480. The minimum atomic E-state index is -0.674. The smallest absolute Gasteiger partial charge is 0.410 e. The molecule has 6 rings (SSSR count). The summed E-state index contributed by atoms with van der Waals surface area (Å²) in [6, 6.07) is 16.7. The van der Waals surface area contributed by atoms with Gasteiger partial charge in [-0.2, -0.15) is 0 Å². The van der Waals surface area contributed by atoms with Crippen LogP contribution in [0.4, 0.5) is 9.59 Å². The van der Waals surface area contributed by atoms with Crippen molar-refractivity contribution in [2.75, 3.05) is 13.1 Å². The van der Waals surface area contributed by atoms with Crippen molar-refractivity contribution in [3.8, 4) is 0 Å². The van der Waals surface area contributed by atoms with E-state index >= 15 is 0 Å². The molecule has 9 nitrogen and oxygen atoms in total. The Balaban J connectivity index is 1.29. The summed E-state index contributed by atoms with van der Waals surface area (Å²) in [5.74, 6) is -0.150. The number of likely N-dealkylation sites (tertiary alicyclic amines) is 2. The van der Waals surface area contributed by atoms with Crippen molar-refractivity contribution in [1.82, 2.24) is 20.1 Å². The van der Waals surface area contributed by atoms with Crippen molar-refractivity contribution in [2.24, 2.45) is 5.92 Å². The lowest BCUT2D eigenvalue weighted by Crippen LogP contribution is -2.55. The maximum atomic E-state index is 14.6. The predicted molar refractivity (Wildman–Crippen MR) is 168 cm³/mol. The van der Waals surface area contributed by atoms with Gasteiger partial charge in [0.25, 0.3) is 0 Å². The van der Waals surface area contributed by atoms with Gasteiger partial charge in [-0.05, 0) is 63.1 Å². The van der Waals surface area contributed by atoms with Crippen LogP contribution in [0.5, 0.6) is 0 Å². The van der Waals surface area contributed by atoms with Crippen LogP contribution in [-0.2, 0) is 20.9 Å². The third-order valence-corrected chi connectivity index (χ3v) is 9.43. The van der Waals surface area contributed by atoms with Gasteiger partial charge in [-0.3, -0.25) is 4.79 Å². The molecule has 1 saturated carbocycles. The number of carbonyl (C=O) groups excluding carboxylic acids is 3. The van der Waals surface area contributed by atoms with Crippen LogP contribution in [-0.4, -0.2) is 69.7 Å². The number of carbonyl (C=O) groups is 3. The minimum absolute atomic E-state index is 0.0442. The molecule has 44 heavy (non-hydrogen) atoms. The van der Waals surface area contributed by atoms with E-state index in [-0.39, 0.29) is 42.5 Å². The maximum absolute atomic E-state index is 14.6. The van der Waals surface area contributed by atoms with E-state index in [0.717, 1.165) is 54.1 Å². The van der Waals surface area contributed by atoms with Crippen molar-refractivity contribution < 1.29 is 23.9 Å². The molecule has 3 aliphatic rings. The average molecular weight is 601 g/mol. The molecule has 0 bridgehead atoms. The first-order chi connectivity index (χ1) is 21.2. The summed E-state index contributed by atoms with van der Waals surface area (Å²) < 4.78 is 11.4. The molecule has 4 atom stereocenters. The van der Waals surface area contributed by atoms with E-state index in [0.29, 0.717) is 19.5 Å². The molecule has 234 valence electrons. The molecule has 0 spiro atoms. The van der Waals surface area contributed by atoms with Crippen LogP contribution in [0.3, 0.4) is 0 Å². The summed E-state index contributed by atoms with van der Waals surface area (Å²) in [4.78, 5) is 48.3. The molecule has 1 aliphatic carbocycles. The van der Waals surface area contributed by atoms with E-state index < -0.39 is 17.7 Å². The van der Waals surface area contributed by atoms with Crippen LogP contribution >= 0.6 is 0 Å². The molecule has 2 aromatic carbocycles.